The van der Waals surface area contributed by atoms with Crippen LogP contribution in [0, 0.1) is 11.8 Å². The molecule has 0 aliphatic carbocycles. The molecule has 0 spiro atoms. The lowest BCUT2D eigenvalue weighted by atomic mass is 9.98. The Labute approximate surface area is 120 Å². The van der Waals surface area contributed by atoms with Gasteiger partial charge in [-0.05, 0) is 29.9 Å². The number of benzene rings is 1. The van der Waals surface area contributed by atoms with E-state index in [-0.39, 0.29) is 11.5 Å². The number of amides is 1. The second-order valence-electron chi connectivity index (χ2n) is 5.49. The number of carbonyl (C=O) groups excluding carboxylic acids is 1. The molecular formula is C16H23NO3. The maximum atomic E-state index is 11.8. The van der Waals surface area contributed by atoms with E-state index < -0.39 is 5.97 Å². The predicted molar refractivity (Wildman–Crippen MR) is 78.7 cm³/mol. The number of aromatic carboxylic acids is 1. The second-order valence-corrected chi connectivity index (χ2v) is 5.49. The van der Waals surface area contributed by atoms with Crippen molar-refractivity contribution in [1.29, 1.82) is 0 Å². The van der Waals surface area contributed by atoms with Crippen LogP contribution in [0.4, 0.5) is 0 Å². The summed E-state index contributed by atoms with van der Waals surface area (Å²) in [7, 11) is 0. The maximum Gasteiger partial charge on any atom is 0.335 e. The summed E-state index contributed by atoms with van der Waals surface area (Å²) in [5.41, 5.74) is 0.975. The number of carboxylic acids is 1. The lowest BCUT2D eigenvalue weighted by Crippen LogP contribution is -2.30. The average Bonchev–Trinajstić information content (AvgIpc) is 2.42. The van der Waals surface area contributed by atoms with Gasteiger partial charge in [0.25, 0.3) is 0 Å². The van der Waals surface area contributed by atoms with Gasteiger partial charge in [0.05, 0.1) is 5.56 Å². The molecule has 2 N–H and O–H groups in total. The van der Waals surface area contributed by atoms with E-state index in [1.165, 1.54) is 0 Å². The molecule has 0 radical (unpaired) electrons. The standard InChI is InChI=1S/C16H23NO3/c1-11(2)12(3)10-17-15(18)9-8-13-6-4-5-7-14(13)16(19)20/h4-7,11-12H,8-10H2,1-3H3,(H,17,18)(H,19,20). The number of carboxylic acid groups (broad SMARTS) is 1. The monoisotopic (exact) mass is 277 g/mol. The summed E-state index contributed by atoms with van der Waals surface area (Å²) in [5, 5.41) is 12.0. The molecule has 0 saturated carbocycles. The third-order valence-corrected chi connectivity index (χ3v) is 3.63. The molecule has 0 fully saturated rings. The summed E-state index contributed by atoms with van der Waals surface area (Å²) in [6, 6.07) is 6.81. The molecule has 1 amide bonds. The van der Waals surface area contributed by atoms with Crippen molar-refractivity contribution in [3.05, 3.63) is 35.4 Å². The number of rotatable bonds is 7. The Morgan fingerprint density at radius 1 is 1.20 bits per heavy atom. The molecule has 0 aliphatic rings. The molecular weight excluding hydrogens is 254 g/mol. The van der Waals surface area contributed by atoms with Crippen molar-refractivity contribution in [2.75, 3.05) is 6.54 Å². The number of nitrogens with one attached hydrogen (secondary N) is 1. The number of hydrogen-bond donors (Lipinski definition) is 2. The Morgan fingerprint density at radius 3 is 2.45 bits per heavy atom. The molecule has 4 heteroatoms. The summed E-state index contributed by atoms with van der Waals surface area (Å²) in [5.74, 6) is -0.0135. The van der Waals surface area contributed by atoms with Gasteiger partial charge in [0, 0.05) is 13.0 Å². The van der Waals surface area contributed by atoms with Gasteiger partial charge in [0.2, 0.25) is 5.91 Å². The van der Waals surface area contributed by atoms with Gasteiger partial charge in [-0.1, -0.05) is 39.0 Å². The van der Waals surface area contributed by atoms with Gasteiger partial charge in [0.15, 0.2) is 0 Å². The van der Waals surface area contributed by atoms with E-state index in [1.807, 2.05) is 0 Å². The van der Waals surface area contributed by atoms with Crippen LogP contribution in [-0.2, 0) is 11.2 Å². The van der Waals surface area contributed by atoms with E-state index in [0.717, 1.165) is 0 Å². The topological polar surface area (TPSA) is 66.4 Å². The normalized spacial score (nSPS) is 12.2. The van der Waals surface area contributed by atoms with Gasteiger partial charge in [0.1, 0.15) is 0 Å². The molecule has 0 bridgehead atoms. The van der Waals surface area contributed by atoms with Crippen molar-refractivity contribution in [2.24, 2.45) is 11.8 Å². The van der Waals surface area contributed by atoms with Gasteiger partial charge in [-0.2, -0.15) is 0 Å². The SMILES string of the molecule is CC(C)C(C)CNC(=O)CCc1ccccc1C(=O)O. The van der Waals surface area contributed by atoms with Crippen molar-refractivity contribution >= 4 is 11.9 Å². The Balaban J connectivity index is 2.47. The Morgan fingerprint density at radius 2 is 1.85 bits per heavy atom. The van der Waals surface area contributed by atoms with Crippen LogP contribution >= 0.6 is 0 Å². The molecule has 0 saturated heterocycles. The fraction of sp³-hybridized carbons (Fsp3) is 0.500. The number of aryl methyl sites for hydroxylation is 1. The molecule has 110 valence electrons. The Kier molecular flexibility index (Phi) is 6.22. The van der Waals surface area contributed by atoms with E-state index >= 15 is 0 Å². The predicted octanol–water partition coefficient (Wildman–Crippen LogP) is 2.73. The molecule has 1 rings (SSSR count). The van der Waals surface area contributed by atoms with Crippen LogP contribution in [0.5, 0.6) is 0 Å². The second kappa shape index (κ2) is 7.68. The van der Waals surface area contributed by atoms with E-state index in [0.29, 0.717) is 36.8 Å². The molecule has 4 nitrogen and oxygen atoms in total. The minimum absolute atomic E-state index is 0.0299. The quantitative estimate of drug-likeness (QED) is 0.805. The van der Waals surface area contributed by atoms with E-state index in [1.54, 1.807) is 24.3 Å². The first-order chi connectivity index (χ1) is 9.41. The summed E-state index contributed by atoms with van der Waals surface area (Å²) in [6.07, 6.45) is 0.763. The smallest absolute Gasteiger partial charge is 0.335 e. The van der Waals surface area contributed by atoms with Crippen molar-refractivity contribution in [1.82, 2.24) is 5.32 Å². The van der Waals surface area contributed by atoms with Crippen LogP contribution in [0.15, 0.2) is 24.3 Å². The highest BCUT2D eigenvalue weighted by Crippen LogP contribution is 2.11. The minimum atomic E-state index is -0.950. The summed E-state index contributed by atoms with van der Waals surface area (Å²) >= 11 is 0. The third-order valence-electron chi connectivity index (χ3n) is 3.63. The van der Waals surface area contributed by atoms with Crippen molar-refractivity contribution in [3.63, 3.8) is 0 Å². The van der Waals surface area contributed by atoms with Crippen LogP contribution in [0.3, 0.4) is 0 Å². The fourth-order valence-electron chi connectivity index (χ4n) is 1.79. The van der Waals surface area contributed by atoms with E-state index in [9.17, 15) is 9.59 Å². The van der Waals surface area contributed by atoms with Crippen LogP contribution in [0.25, 0.3) is 0 Å². The summed E-state index contributed by atoms with van der Waals surface area (Å²) < 4.78 is 0. The zero-order valence-corrected chi connectivity index (χ0v) is 12.3. The van der Waals surface area contributed by atoms with E-state index in [2.05, 4.69) is 26.1 Å². The first-order valence-corrected chi connectivity index (χ1v) is 6.99. The minimum Gasteiger partial charge on any atom is -0.478 e. The fourth-order valence-corrected chi connectivity index (χ4v) is 1.79. The zero-order valence-electron chi connectivity index (χ0n) is 12.3. The highest BCUT2D eigenvalue weighted by molar-refractivity contribution is 5.89. The van der Waals surface area contributed by atoms with Gasteiger partial charge in [-0.25, -0.2) is 4.79 Å². The van der Waals surface area contributed by atoms with Crippen molar-refractivity contribution in [2.45, 2.75) is 33.6 Å². The van der Waals surface area contributed by atoms with Crippen LogP contribution in [0.1, 0.15) is 43.1 Å². The lowest BCUT2D eigenvalue weighted by Gasteiger charge is -2.16. The first kappa shape index (κ1) is 16.2. The van der Waals surface area contributed by atoms with Crippen molar-refractivity contribution in [3.8, 4) is 0 Å². The summed E-state index contributed by atoms with van der Waals surface area (Å²) in [6.45, 7) is 7.02. The maximum absolute atomic E-state index is 11.8. The van der Waals surface area contributed by atoms with E-state index in [4.69, 9.17) is 5.11 Å². The number of carbonyl (C=O) groups is 2. The van der Waals surface area contributed by atoms with Crippen LogP contribution in [0.2, 0.25) is 0 Å². The number of hydrogen-bond acceptors (Lipinski definition) is 2. The molecule has 1 unspecified atom stereocenters. The van der Waals surface area contributed by atoms with Crippen LogP contribution in [-0.4, -0.2) is 23.5 Å². The van der Waals surface area contributed by atoms with Gasteiger partial charge < -0.3 is 10.4 Å². The van der Waals surface area contributed by atoms with Gasteiger partial charge in [-0.3, -0.25) is 4.79 Å². The highest BCUT2D eigenvalue weighted by atomic mass is 16.4. The lowest BCUT2D eigenvalue weighted by molar-refractivity contribution is -0.121. The molecule has 0 heterocycles. The summed E-state index contributed by atoms with van der Waals surface area (Å²) in [4.78, 5) is 22.8. The Hall–Kier alpha value is -1.84. The highest BCUT2D eigenvalue weighted by Gasteiger charge is 2.12. The van der Waals surface area contributed by atoms with Crippen molar-refractivity contribution < 1.29 is 14.7 Å². The largest absolute Gasteiger partial charge is 0.478 e. The zero-order chi connectivity index (χ0) is 15.1. The molecule has 1 atom stereocenters. The molecule has 1 aromatic rings. The molecule has 0 aromatic heterocycles. The first-order valence-electron chi connectivity index (χ1n) is 6.99. The Bertz CT molecular complexity index is 469. The van der Waals surface area contributed by atoms with Gasteiger partial charge in [-0.15, -0.1) is 0 Å². The molecule has 1 aromatic carbocycles. The third kappa shape index (κ3) is 5.03. The van der Waals surface area contributed by atoms with Gasteiger partial charge >= 0.3 is 5.97 Å². The molecule has 20 heavy (non-hydrogen) atoms. The van der Waals surface area contributed by atoms with Crippen LogP contribution < -0.4 is 5.32 Å². The average molecular weight is 277 g/mol. The molecule has 0 aliphatic heterocycles.